The normalized spacial score (nSPS) is 10.5. The Balaban J connectivity index is 2.48. The van der Waals surface area contributed by atoms with Gasteiger partial charge in [-0.25, -0.2) is 14.2 Å². The molecule has 1 aromatic carbocycles. The Hall–Kier alpha value is -2.08. The van der Waals surface area contributed by atoms with Crippen LogP contribution in [-0.4, -0.2) is 22.1 Å². The summed E-state index contributed by atoms with van der Waals surface area (Å²) in [4.78, 5) is 15.4. The van der Waals surface area contributed by atoms with Gasteiger partial charge in [0.1, 0.15) is 12.1 Å². The number of nitrogens with zero attached hydrogens (tertiary/aromatic N) is 2. The van der Waals surface area contributed by atoms with E-state index in [9.17, 15) is 9.18 Å². The maximum atomic E-state index is 13.9. The molecule has 2 N–H and O–H groups in total. The number of aromatic nitrogens is 2. The maximum Gasteiger partial charge on any atom is 0.360 e. The number of anilines is 1. The Labute approximate surface area is 113 Å². The van der Waals surface area contributed by atoms with Crippen LogP contribution in [0, 0.1) is 5.82 Å². The molecule has 7 heteroatoms. The lowest BCUT2D eigenvalue weighted by atomic mass is 10.3. The number of hydrogen-bond donors (Lipinski definition) is 1. The van der Waals surface area contributed by atoms with Gasteiger partial charge in [-0.1, -0.05) is 17.7 Å². The lowest BCUT2D eigenvalue weighted by Crippen LogP contribution is -2.10. The van der Waals surface area contributed by atoms with Gasteiger partial charge >= 0.3 is 5.97 Å². The van der Waals surface area contributed by atoms with E-state index >= 15 is 0 Å². The minimum Gasteiger partial charge on any atom is -0.461 e. The van der Waals surface area contributed by atoms with Crippen molar-refractivity contribution in [3.05, 3.63) is 41.1 Å². The summed E-state index contributed by atoms with van der Waals surface area (Å²) in [6.45, 7) is 1.87. The van der Waals surface area contributed by atoms with Crippen molar-refractivity contribution >= 4 is 23.4 Å². The molecule has 0 aliphatic heterocycles. The zero-order chi connectivity index (χ0) is 14.0. The van der Waals surface area contributed by atoms with Crippen molar-refractivity contribution in [2.45, 2.75) is 6.92 Å². The molecule has 0 aliphatic rings. The van der Waals surface area contributed by atoms with E-state index in [-0.39, 0.29) is 28.8 Å². The van der Waals surface area contributed by atoms with E-state index < -0.39 is 11.8 Å². The average Bonchev–Trinajstić information content (AvgIpc) is 2.75. The van der Waals surface area contributed by atoms with E-state index in [1.165, 1.54) is 23.0 Å². The molecule has 1 aromatic heterocycles. The fraction of sp³-hybridized carbons (Fsp3) is 0.167. The largest absolute Gasteiger partial charge is 0.461 e. The first-order chi connectivity index (χ1) is 9.06. The first kappa shape index (κ1) is 13.4. The summed E-state index contributed by atoms with van der Waals surface area (Å²) in [5, 5.41) is -0.0386. The summed E-state index contributed by atoms with van der Waals surface area (Å²) in [7, 11) is 0. The van der Waals surface area contributed by atoms with Crippen molar-refractivity contribution in [1.29, 1.82) is 0 Å². The van der Waals surface area contributed by atoms with Gasteiger partial charge in [0.25, 0.3) is 0 Å². The van der Waals surface area contributed by atoms with E-state index in [1.54, 1.807) is 13.0 Å². The number of hydrogen-bond acceptors (Lipinski definition) is 4. The molecule has 0 spiro atoms. The van der Waals surface area contributed by atoms with Gasteiger partial charge in [0.15, 0.2) is 11.5 Å². The van der Waals surface area contributed by atoms with Crippen molar-refractivity contribution in [1.82, 2.24) is 9.55 Å². The minimum absolute atomic E-state index is 0.000355. The van der Waals surface area contributed by atoms with Crippen LogP contribution in [0.15, 0.2) is 24.5 Å². The number of ether oxygens (including phenoxy) is 1. The van der Waals surface area contributed by atoms with Crippen molar-refractivity contribution < 1.29 is 13.9 Å². The minimum atomic E-state index is -0.652. The van der Waals surface area contributed by atoms with Gasteiger partial charge in [-0.05, 0) is 19.1 Å². The molecular weight excluding hydrogens is 273 g/mol. The predicted octanol–water partition coefficient (Wildman–Crippen LogP) is 2.42. The second-order valence-electron chi connectivity index (χ2n) is 3.64. The van der Waals surface area contributed by atoms with Crippen molar-refractivity contribution in [3.8, 4) is 5.69 Å². The van der Waals surface area contributed by atoms with E-state index in [2.05, 4.69) is 4.98 Å². The molecule has 0 saturated heterocycles. The molecule has 0 amide bonds. The molecule has 0 aliphatic carbocycles. The monoisotopic (exact) mass is 283 g/mol. The Morgan fingerprint density at radius 1 is 1.58 bits per heavy atom. The highest BCUT2D eigenvalue weighted by molar-refractivity contribution is 6.30. The number of esters is 1. The summed E-state index contributed by atoms with van der Waals surface area (Å²) >= 11 is 5.69. The molecule has 2 rings (SSSR count). The molecule has 0 unspecified atom stereocenters. The second-order valence-corrected chi connectivity index (χ2v) is 4.05. The molecule has 0 atom stereocenters. The Bertz CT molecular complexity index is 627. The van der Waals surface area contributed by atoms with Crippen molar-refractivity contribution in [2.75, 3.05) is 12.3 Å². The van der Waals surface area contributed by atoms with Crippen molar-refractivity contribution in [2.24, 2.45) is 0 Å². The van der Waals surface area contributed by atoms with Crippen molar-refractivity contribution in [3.63, 3.8) is 0 Å². The third kappa shape index (κ3) is 2.39. The molecule has 0 bridgehead atoms. The third-order valence-electron chi connectivity index (χ3n) is 2.46. The standard InChI is InChI=1S/C12H11ClFN3O2/c1-2-19-12(18)10-11(15)17(6-16-10)8-5-3-4-7(13)9(8)14/h3-6H,2,15H2,1H3. The number of halogens is 2. The summed E-state index contributed by atoms with van der Waals surface area (Å²) in [5.74, 6) is -1.29. The predicted molar refractivity (Wildman–Crippen MR) is 68.9 cm³/mol. The topological polar surface area (TPSA) is 70.1 Å². The molecule has 1 heterocycles. The van der Waals surface area contributed by atoms with Gasteiger partial charge in [0.2, 0.25) is 0 Å². The second kappa shape index (κ2) is 5.27. The van der Waals surface area contributed by atoms with Gasteiger partial charge in [0.05, 0.1) is 17.3 Å². The molecule has 0 saturated carbocycles. The van der Waals surface area contributed by atoms with Crippen LogP contribution in [0.2, 0.25) is 5.02 Å². The zero-order valence-electron chi connectivity index (χ0n) is 10.1. The molecule has 0 radical (unpaired) electrons. The molecule has 2 aromatic rings. The molecule has 5 nitrogen and oxygen atoms in total. The average molecular weight is 284 g/mol. The molecule has 0 fully saturated rings. The van der Waals surface area contributed by atoms with Crippen LogP contribution in [0.1, 0.15) is 17.4 Å². The fourth-order valence-electron chi connectivity index (χ4n) is 1.59. The van der Waals surface area contributed by atoms with Gasteiger partial charge in [0, 0.05) is 0 Å². The third-order valence-corrected chi connectivity index (χ3v) is 2.76. The highest BCUT2D eigenvalue weighted by atomic mass is 35.5. The van der Waals surface area contributed by atoms with Crippen LogP contribution < -0.4 is 5.73 Å². The Kier molecular flexibility index (Phi) is 3.71. The smallest absolute Gasteiger partial charge is 0.360 e. The lowest BCUT2D eigenvalue weighted by Gasteiger charge is -2.07. The summed E-state index contributed by atoms with van der Waals surface area (Å²) < 4.78 is 19.9. The number of rotatable bonds is 3. The quantitative estimate of drug-likeness (QED) is 0.878. The Morgan fingerprint density at radius 3 is 3.00 bits per heavy atom. The zero-order valence-corrected chi connectivity index (χ0v) is 10.8. The van der Waals surface area contributed by atoms with E-state index in [0.717, 1.165) is 0 Å². The number of imidazole rings is 1. The SMILES string of the molecule is CCOC(=O)c1ncn(-c2cccc(Cl)c2F)c1N. The highest BCUT2D eigenvalue weighted by Gasteiger charge is 2.19. The Morgan fingerprint density at radius 2 is 2.32 bits per heavy atom. The lowest BCUT2D eigenvalue weighted by molar-refractivity contribution is 0.0521. The molecule has 100 valence electrons. The van der Waals surface area contributed by atoms with Crippen LogP contribution >= 0.6 is 11.6 Å². The van der Waals surface area contributed by atoms with Crippen LogP contribution in [0.5, 0.6) is 0 Å². The van der Waals surface area contributed by atoms with Gasteiger partial charge in [-0.3, -0.25) is 4.57 Å². The summed E-state index contributed by atoms with van der Waals surface area (Å²) in [6, 6.07) is 4.47. The maximum absolute atomic E-state index is 13.9. The van der Waals surface area contributed by atoms with Crippen LogP contribution in [-0.2, 0) is 4.74 Å². The highest BCUT2D eigenvalue weighted by Crippen LogP contribution is 2.24. The molecular formula is C12H11ClFN3O2. The fourth-order valence-corrected chi connectivity index (χ4v) is 1.75. The van der Waals surface area contributed by atoms with Crippen LogP contribution in [0.4, 0.5) is 10.2 Å². The van der Waals surface area contributed by atoms with E-state index in [1.807, 2.05) is 0 Å². The number of carbonyl (C=O) groups excluding carboxylic acids is 1. The molecule has 19 heavy (non-hydrogen) atoms. The van der Waals surface area contributed by atoms with E-state index in [0.29, 0.717) is 0 Å². The van der Waals surface area contributed by atoms with Gasteiger partial charge < -0.3 is 10.5 Å². The number of carbonyl (C=O) groups is 1. The van der Waals surface area contributed by atoms with Crippen LogP contribution in [0.3, 0.4) is 0 Å². The summed E-state index contributed by atoms with van der Waals surface area (Å²) in [5.41, 5.74) is 5.84. The van der Waals surface area contributed by atoms with E-state index in [4.69, 9.17) is 22.1 Å². The number of benzene rings is 1. The van der Waals surface area contributed by atoms with Gasteiger partial charge in [-0.2, -0.15) is 0 Å². The first-order valence-electron chi connectivity index (χ1n) is 5.50. The summed E-state index contributed by atoms with van der Waals surface area (Å²) in [6.07, 6.45) is 1.25. The number of nitrogen functional groups attached to an aromatic ring is 1. The van der Waals surface area contributed by atoms with Crippen LogP contribution in [0.25, 0.3) is 5.69 Å². The first-order valence-corrected chi connectivity index (χ1v) is 5.88. The number of nitrogens with two attached hydrogens (primary N) is 1. The van der Waals surface area contributed by atoms with Gasteiger partial charge in [-0.15, -0.1) is 0 Å².